The van der Waals surface area contributed by atoms with Crippen LogP contribution in [0.1, 0.15) is 5.56 Å². The van der Waals surface area contributed by atoms with E-state index in [9.17, 15) is 9.90 Å². The summed E-state index contributed by atoms with van der Waals surface area (Å²) in [6.45, 7) is 0. The molecule has 0 aliphatic carbocycles. The van der Waals surface area contributed by atoms with Gasteiger partial charge in [-0.1, -0.05) is 11.6 Å². The lowest BCUT2D eigenvalue weighted by atomic mass is 10.0. The number of rotatable bonds is 4. The van der Waals surface area contributed by atoms with E-state index in [1.54, 1.807) is 37.4 Å². The van der Waals surface area contributed by atoms with Crippen LogP contribution in [0.2, 0.25) is 5.02 Å². The number of carbonyl (C=O) groups is 1. The number of nitrogens with zero attached hydrogens (tertiary/aromatic N) is 4. The van der Waals surface area contributed by atoms with Crippen molar-refractivity contribution in [2.24, 2.45) is 7.05 Å². The van der Waals surface area contributed by atoms with Crippen molar-refractivity contribution in [2.45, 2.75) is 6.42 Å². The Morgan fingerprint density at radius 2 is 1.92 bits per heavy atom. The summed E-state index contributed by atoms with van der Waals surface area (Å²) in [5.41, 5.74) is 2.70. The zero-order valence-electron chi connectivity index (χ0n) is 13.7. The number of hydrogen-bond donors (Lipinski definition) is 1. The van der Waals surface area contributed by atoms with Crippen LogP contribution in [0.15, 0.2) is 46.9 Å². The zero-order chi connectivity index (χ0) is 18.3. The fourth-order valence-electron chi connectivity index (χ4n) is 2.85. The van der Waals surface area contributed by atoms with Crippen LogP contribution >= 0.6 is 11.6 Å². The van der Waals surface area contributed by atoms with Crippen molar-refractivity contribution in [2.75, 3.05) is 0 Å². The third-order valence-electron chi connectivity index (χ3n) is 3.99. The highest BCUT2D eigenvalue weighted by Gasteiger charge is 2.19. The number of fused-ring (bicyclic) bond motifs is 1. The second-order valence-corrected chi connectivity index (χ2v) is 6.24. The van der Waals surface area contributed by atoms with Gasteiger partial charge in [-0.2, -0.15) is 4.80 Å². The topological polar surface area (TPSA) is 94.0 Å². The van der Waals surface area contributed by atoms with Gasteiger partial charge in [-0.05, 0) is 47.7 Å². The van der Waals surface area contributed by atoms with Crippen molar-refractivity contribution in [1.29, 1.82) is 0 Å². The second-order valence-electron chi connectivity index (χ2n) is 5.80. The SMILES string of the molecule is Cn1nnc(-c2ccc3oc(-c4ccc(Cl)cc4)c(CC(=O)O)c3c2)n1. The molecule has 0 saturated heterocycles. The van der Waals surface area contributed by atoms with Crippen LogP contribution in [0.4, 0.5) is 0 Å². The van der Waals surface area contributed by atoms with Gasteiger partial charge in [0.15, 0.2) is 0 Å². The lowest BCUT2D eigenvalue weighted by Crippen LogP contribution is -2.00. The first-order valence-corrected chi connectivity index (χ1v) is 8.16. The van der Waals surface area contributed by atoms with Crippen molar-refractivity contribution in [3.63, 3.8) is 0 Å². The van der Waals surface area contributed by atoms with Crippen molar-refractivity contribution in [3.8, 4) is 22.7 Å². The van der Waals surface area contributed by atoms with Gasteiger partial charge in [0.25, 0.3) is 0 Å². The summed E-state index contributed by atoms with van der Waals surface area (Å²) in [6.07, 6.45) is -0.164. The number of furan rings is 1. The van der Waals surface area contributed by atoms with Gasteiger partial charge < -0.3 is 9.52 Å². The van der Waals surface area contributed by atoms with Gasteiger partial charge in [0.1, 0.15) is 11.3 Å². The summed E-state index contributed by atoms with van der Waals surface area (Å²) in [5.74, 6) is 0.0409. The van der Waals surface area contributed by atoms with Gasteiger partial charge in [-0.25, -0.2) is 0 Å². The maximum Gasteiger partial charge on any atom is 0.307 e. The highest BCUT2D eigenvalue weighted by atomic mass is 35.5. The molecule has 0 spiro atoms. The minimum atomic E-state index is -0.939. The maximum absolute atomic E-state index is 11.4. The van der Waals surface area contributed by atoms with E-state index < -0.39 is 5.97 Å². The number of aryl methyl sites for hydroxylation is 1. The van der Waals surface area contributed by atoms with E-state index in [2.05, 4.69) is 15.4 Å². The molecule has 2 heterocycles. The highest BCUT2D eigenvalue weighted by molar-refractivity contribution is 6.30. The lowest BCUT2D eigenvalue weighted by Gasteiger charge is -2.01. The van der Waals surface area contributed by atoms with Gasteiger partial charge in [0, 0.05) is 27.1 Å². The Bertz CT molecular complexity index is 1120. The Balaban J connectivity index is 1.91. The number of benzene rings is 2. The first kappa shape index (κ1) is 16.3. The molecule has 7 nitrogen and oxygen atoms in total. The van der Waals surface area contributed by atoms with E-state index in [4.69, 9.17) is 16.0 Å². The lowest BCUT2D eigenvalue weighted by molar-refractivity contribution is -0.136. The molecule has 0 saturated carbocycles. The van der Waals surface area contributed by atoms with Crippen molar-refractivity contribution in [1.82, 2.24) is 20.2 Å². The summed E-state index contributed by atoms with van der Waals surface area (Å²) in [4.78, 5) is 12.8. The van der Waals surface area contributed by atoms with Crippen molar-refractivity contribution in [3.05, 3.63) is 53.1 Å². The molecule has 2 aromatic carbocycles. The van der Waals surface area contributed by atoms with E-state index in [0.29, 0.717) is 33.1 Å². The molecule has 130 valence electrons. The molecule has 0 amide bonds. The fourth-order valence-corrected chi connectivity index (χ4v) is 2.97. The van der Waals surface area contributed by atoms with Gasteiger partial charge in [0.2, 0.25) is 5.82 Å². The Hall–Kier alpha value is -3.19. The molecule has 0 bridgehead atoms. The standard InChI is InChI=1S/C18H13ClN4O3/c1-23-21-18(20-22-23)11-4-7-15-13(8-11)14(9-16(24)25)17(26-15)10-2-5-12(19)6-3-10/h2-8H,9H2,1H3,(H,24,25). The predicted octanol–water partition coefficient (Wildman–Crippen LogP) is 3.57. The van der Waals surface area contributed by atoms with Crippen LogP contribution in [0.25, 0.3) is 33.7 Å². The number of carboxylic acids is 1. The van der Waals surface area contributed by atoms with Gasteiger partial charge in [-0.15, -0.1) is 10.2 Å². The second kappa shape index (κ2) is 6.27. The van der Waals surface area contributed by atoms with Crippen LogP contribution in [-0.4, -0.2) is 31.3 Å². The average molecular weight is 369 g/mol. The third kappa shape index (κ3) is 2.93. The number of halogens is 1. The molecule has 0 aliphatic heterocycles. The molecule has 1 N–H and O–H groups in total. The van der Waals surface area contributed by atoms with E-state index in [-0.39, 0.29) is 6.42 Å². The summed E-state index contributed by atoms with van der Waals surface area (Å²) >= 11 is 5.95. The Morgan fingerprint density at radius 1 is 1.19 bits per heavy atom. The largest absolute Gasteiger partial charge is 0.481 e. The molecule has 0 aliphatic rings. The molecular weight excluding hydrogens is 356 g/mol. The molecule has 4 rings (SSSR count). The van der Waals surface area contributed by atoms with Crippen LogP contribution < -0.4 is 0 Å². The molecule has 4 aromatic rings. The van der Waals surface area contributed by atoms with Crippen LogP contribution in [0.5, 0.6) is 0 Å². The summed E-state index contributed by atoms with van der Waals surface area (Å²) in [6, 6.07) is 12.5. The van der Waals surface area contributed by atoms with E-state index >= 15 is 0 Å². The number of aromatic nitrogens is 4. The summed E-state index contributed by atoms with van der Waals surface area (Å²) in [7, 11) is 1.68. The smallest absolute Gasteiger partial charge is 0.307 e. The van der Waals surface area contributed by atoms with Gasteiger partial charge >= 0.3 is 5.97 Å². The first-order chi connectivity index (χ1) is 12.5. The highest BCUT2D eigenvalue weighted by Crippen LogP contribution is 2.36. The maximum atomic E-state index is 11.4. The van der Waals surface area contributed by atoms with Crippen LogP contribution in [0, 0.1) is 0 Å². The van der Waals surface area contributed by atoms with Gasteiger partial charge in [-0.3, -0.25) is 4.79 Å². The fraction of sp³-hybridized carbons (Fsp3) is 0.111. The quantitative estimate of drug-likeness (QED) is 0.591. The molecule has 26 heavy (non-hydrogen) atoms. The van der Waals surface area contributed by atoms with Crippen molar-refractivity contribution >= 4 is 28.5 Å². The Labute approximate surface area is 152 Å². The van der Waals surface area contributed by atoms with E-state index in [1.165, 1.54) is 4.80 Å². The van der Waals surface area contributed by atoms with E-state index in [0.717, 1.165) is 11.1 Å². The molecule has 8 heteroatoms. The first-order valence-electron chi connectivity index (χ1n) is 7.79. The average Bonchev–Trinajstić information content (AvgIpc) is 3.19. The summed E-state index contributed by atoms with van der Waals surface area (Å²) < 4.78 is 5.95. The molecule has 0 unspecified atom stereocenters. The Morgan fingerprint density at radius 3 is 2.58 bits per heavy atom. The normalized spacial score (nSPS) is 11.2. The minimum Gasteiger partial charge on any atom is -0.481 e. The molecule has 2 aromatic heterocycles. The summed E-state index contributed by atoms with van der Waals surface area (Å²) in [5, 5.41) is 22.7. The number of hydrogen-bond acceptors (Lipinski definition) is 5. The van der Waals surface area contributed by atoms with Crippen LogP contribution in [-0.2, 0) is 18.3 Å². The number of aliphatic carboxylic acids is 1. The van der Waals surface area contributed by atoms with Crippen LogP contribution in [0.3, 0.4) is 0 Å². The van der Waals surface area contributed by atoms with E-state index in [1.807, 2.05) is 12.1 Å². The number of carboxylic acid groups (broad SMARTS) is 1. The zero-order valence-corrected chi connectivity index (χ0v) is 14.4. The monoisotopic (exact) mass is 368 g/mol. The third-order valence-corrected chi connectivity index (χ3v) is 4.24. The molecule has 0 radical (unpaired) electrons. The predicted molar refractivity (Wildman–Crippen MR) is 95.8 cm³/mol. The molecule has 0 atom stereocenters. The minimum absolute atomic E-state index is 0.164. The Kier molecular flexibility index (Phi) is 3.93. The molecular formula is C18H13ClN4O3. The van der Waals surface area contributed by atoms with Gasteiger partial charge in [0.05, 0.1) is 13.5 Å². The molecule has 0 fully saturated rings. The number of tetrazole rings is 1. The van der Waals surface area contributed by atoms with Crippen molar-refractivity contribution < 1.29 is 14.3 Å².